The molecule has 1 amide bonds. The quantitative estimate of drug-likeness (QED) is 0.655. The number of nitrogens with one attached hydrogen (secondary N) is 1. The van der Waals surface area contributed by atoms with Gasteiger partial charge < -0.3 is 19.7 Å². The van der Waals surface area contributed by atoms with Crippen LogP contribution >= 0.6 is 0 Å². The summed E-state index contributed by atoms with van der Waals surface area (Å²) in [7, 11) is 1.93. The molecule has 5 heteroatoms. The summed E-state index contributed by atoms with van der Waals surface area (Å²) >= 11 is 0. The molecular formula is C10H18N2O3. The highest BCUT2D eigenvalue weighted by Crippen LogP contribution is 2.13. The Labute approximate surface area is 89.7 Å². The van der Waals surface area contributed by atoms with Gasteiger partial charge in [-0.3, -0.25) is 4.79 Å². The first-order chi connectivity index (χ1) is 7.31. The second kappa shape index (κ2) is 4.92. The van der Waals surface area contributed by atoms with Gasteiger partial charge in [0.15, 0.2) is 6.10 Å². The maximum atomic E-state index is 12.0. The number of nitrogens with zero attached hydrogens (tertiary/aromatic N) is 1. The molecule has 2 atom stereocenters. The molecule has 0 aliphatic carbocycles. The van der Waals surface area contributed by atoms with Crippen LogP contribution in [0.2, 0.25) is 0 Å². The second-order valence-corrected chi connectivity index (χ2v) is 3.99. The molecule has 0 aromatic heterocycles. The molecule has 1 N–H and O–H groups in total. The normalized spacial score (nSPS) is 31.9. The Morgan fingerprint density at radius 1 is 1.47 bits per heavy atom. The Balaban J connectivity index is 1.85. The number of carbonyl (C=O) groups excluding carboxylic acids is 1. The number of carbonyl (C=O) groups is 1. The van der Waals surface area contributed by atoms with Crippen molar-refractivity contribution in [1.82, 2.24) is 10.2 Å². The average Bonchev–Trinajstić information content (AvgIpc) is 2.78. The van der Waals surface area contributed by atoms with E-state index in [1.807, 2.05) is 11.9 Å². The van der Waals surface area contributed by atoms with Crippen LogP contribution in [0, 0.1) is 0 Å². The zero-order chi connectivity index (χ0) is 10.7. The molecule has 2 unspecified atom stereocenters. The van der Waals surface area contributed by atoms with Gasteiger partial charge in [-0.2, -0.15) is 0 Å². The van der Waals surface area contributed by atoms with Crippen molar-refractivity contribution < 1.29 is 14.3 Å². The highest BCUT2D eigenvalue weighted by atomic mass is 16.6. The second-order valence-electron chi connectivity index (χ2n) is 3.99. The summed E-state index contributed by atoms with van der Waals surface area (Å²) in [4.78, 5) is 13.8. The first kappa shape index (κ1) is 10.9. The first-order valence-electron chi connectivity index (χ1n) is 5.46. The van der Waals surface area contributed by atoms with E-state index in [9.17, 15) is 4.79 Å². The predicted octanol–water partition coefficient (Wildman–Crippen LogP) is -0.778. The Morgan fingerprint density at radius 2 is 2.33 bits per heavy atom. The summed E-state index contributed by atoms with van der Waals surface area (Å²) in [6.45, 7) is 3.14. The van der Waals surface area contributed by atoms with Crippen LogP contribution in [-0.4, -0.2) is 62.9 Å². The third-order valence-electron chi connectivity index (χ3n) is 3.00. The predicted molar refractivity (Wildman–Crippen MR) is 54.6 cm³/mol. The SMILES string of the molecule is CNC1CCN(C(=O)C2COCCO2)C1. The lowest BCUT2D eigenvalue weighted by molar-refractivity contribution is -0.156. The number of hydrogen-bond donors (Lipinski definition) is 1. The van der Waals surface area contributed by atoms with E-state index in [2.05, 4.69) is 5.32 Å². The van der Waals surface area contributed by atoms with Crippen molar-refractivity contribution in [3.05, 3.63) is 0 Å². The van der Waals surface area contributed by atoms with Gasteiger partial charge in [-0.15, -0.1) is 0 Å². The minimum Gasteiger partial charge on any atom is -0.376 e. The smallest absolute Gasteiger partial charge is 0.254 e. The molecule has 2 rings (SSSR count). The standard InChI is InChI=1S/C10H18N2O3/c1-11-8-2-3-12(6-8)10(13)9-7-14-4-5-15-9/h8-9,11H,2-7H2,1H3. The van der Waals surface area contributed by atoms with E-state index < -0.39 is 0 Å². The number of amides is 1. The molecule has 0 saturated carbocycles. The molecule has 2 heterocycles. The van der Waals surface area contributed by atoms with E-state index >= 15 is 0 Å². The lowest BCUT2D eigenvalue weighted by Gasteiger charge is -2.26. The van der Waals surface area contributed by atoms with Gasteiger partial charge in [0.25, 0.3) is 5.91 Å². The van der Waals surface area contributed by atoms with E-state index in [4.69, 9.17) is 9.47 Å². The molecular weight excluding hydrogens is 196 g/mol. The van der Waals surface area contributed by atoms with Crippen molar-refractivity contribution in [3.8, 4) is 0 Å². The minimum absolute atomic E-state index is 0.0763. The molecule has 2 fully saturated rings. The van der Waals surface area contributed by atoms with Crippen molar-refractivity contribution in [2.75, 3.05) is 40.0 Å². The lowest BCUT2D eigenvalue weighted by atomic mass is 10.3. The molecule has 15 heavy (non-hydrogen) atoms. The van der Waals surface area contributed by atoms with Crippen molar-refractivity contribution >= 4 is 5.91 Å². The van der Waals surface area contributed by atoms with Gasteiger partial charge in [0.2, 0.25) is 0 Å². The average molecular weight is 214 g/mol. The number of rotatable bonds is 2. The fourth-order valence-electron chi connectivity index (χ4n) is 2.03. The summed E-state index contributed by atoms with van der Waals surface area (Å²) in [6, 6.07) is 0.429. The van der Waals surface area contributed by atoms with Crippen LogP contribution in [0.1, 0.15) is 6.42 Å². The largest absolute Gasteiger partial charge is 0.376 e. The first-order valence-corrected chi connectivity index (χ1v) is 5.46. The van der Waals surface area contributed by atoms with Crippen molar-refractivity contribution in [2.24, 2.45) is 0 Å². The Bertz CT molecular complexity index is 229. The van der Waals surface area contributed by atoms with Gasteiger partial charge in [-0.05, 0) is 13.5 Å². The number of likely N-dealkylation sites (N-methyl/N-ethyl adjacent to an activating group) is 1. The topological polar surface area (TPSA) is 50.8 Å². The van der Waals surface area contributed by atoms with E-state index in [-0.39, 0.29) is 12.0 Å². The maximum Gasteiger partial charge on any atom is 0.254 e. The van der Waals surface area contributed by atoms with Gasteiger partial charge in [0.05, 0.1) is 19.8 Å². The number of ether oxygens (including phenoxy) is 2. The Morgan fingerprint density at radius 3 is 2.93 bits per heavy atom. The van der Waals surface area contributed by atoms with Crippen LogP contribution in [0.3, 0.4) is 0 Å². The van der Waals surface area contributed by atoms with Crippen LogP contribution in [-0.2, 0) is 14.3 Å². The van der Waals surface area contributed by atoms with Gasteiger partial charge in [0, 0.05) is 19.1 Å². The molecule has 0 spiro atoms. The zero-order valence-corrected chi connectivity index (χ0v) is 9.07. The number of likely N-dealkylation sites (tertiary alicyclic amines) is 1. The molecule has 5 nitrogen and oxygen atoms in total. The highest BCUT2D eigenvalue weighted by Gasteiger charge is 2.31. The summed E-state index contributed by atoms with van der Waals surface area (Å²) in [6.07, 6.45) is 0.643. The summed E-state index contributed by atoms with van der Waals surface area (Å²) in [5, 5.41) is 3.19. The van der Waals surface area contributed by atoms with Crippen molar-refractivity contribution in [3.63, 3.8) is 0 Å². The third kappa shape index (κ3) is 2.48. The monoisotopic (exact) mass is 214 g/mol. The molecule has 0 aromatic carbocycles. The minimum atomic E-state index is -0.380. The van der Waals surface area contributed by atoms with Gasteiger partial charge in [-0.1, -0.05) is 0 Å². The third-order valence-corrected chi connectivity index (χ3v) is 3.00. The molecule has 86 valence electrons. The van der Waals surface area contributed by atoms with Crippen LogP contribution < -0.4 is 5.32 Å². The number of hydrogen-bond acceptors (Lipinski definition) is 4. The molecule has 2 aliphatic heterocycles. The van der Waals surface area contributed by atoms with Crippen LogP contribution in [0.25, 0.3) is 0 Å². The molecule has 0 aromatic rings. The summed E-state index contributed by atoms with van der Waals surface area (Å²) in [5.74, 6) is 0.0763. The molecule has 0 bridgehead atoms. The highest BCUT2D eigenvalue weighted by molar-refractivity contribution is 5.81. The molecule has 2 saturated heterocycles. The van der Waals surface area contributed by atoms with Gasteiger partial charge in [-0.25, -0.2) is 0 Å². The van der Waals surface area contributed by atoms with Crippen LogP contribution in [0.4, 0.5) is 0 Å². The summed E-state index contributed by atoms with van der Waals surface area (Å²) in [5.41, 5.74) is 0. The zero-order valence-electron chi connectivity index (χ0n) is 9.07. The van der Waals surface area contributed by atoms with E-state index in [0.717, 1.165) is 19.5 Å². The van der Waals surface area contributed by atoms with Gasteiger partial charge in [0.1, 0.15) is 0 Å². The maximum absolute atomic E-state index is 12.0. The van der Waals surface area contributed by atoms with E-state index in [0.29, 0.717) is 25.9 Å². The van der Waals surface area contributed by atoms with E-state index in [1.54, 1.807) is 0 Å². The lowest BCUT2D eigenvalue weighted by Crippen LogP contribution is -2.45. The van der Waals surface area contributed by atoms with Gasteiger partial charge >= 0.3 is 0 Å². The van der Waals surface area contributed by atoms with Crippen LogP contribution in [0.5, 0.6) is 0 Å². The molecule has 2 aliphatic rings. The molecule has 0 radical (unpaired) electrons. The fraction of sp³-hybridized carbons (Fsp3) is 0.900. The van der Waals surface area contributed by atoms with Crippen molar-refractivity contribution in [2.45, 2.75) is 18.6 Å². The van der Waals surface area contributed by atoms with Crippen LogP contribution in [0.15, 0.2) is 0 Å². The fourth-order valence-corrected chi connectivity index (χ4v) is 2.03. The van der Waals surface area contributed by atoms with Crippen molar-refractivity contribution in [1.29, 1.82) is 0 Å². The van der Waals surface area contributed by atoms with E-state index in [1.165, 1.54) is 0 Å². The Kier molecular flexibility index (Phi) is 3.56. The summed E-state index contributed by atoms with van der Waals surface area (Å²) < 4.78 is 10.6. The Hall–Kier alpha value is -0.650.